The van der Waals surface area contributed by atoms with Gasteiger partial charge in [-0.05, 0) is 58.0 Å². The van der Waals surface area contributed by atoms with Crippen LogP contribution in [0.3, 0.4) is 0 Å². The van der Waals surface area contributed by atoms with E-state index in [-0.39, 0.29) is 11.3 Å². The van der Waals surface area contributed by atoms with Crippen LogP contribution in [0.5, 0.6) is 0 Å². The molecule has 0 aliphatic rings. The third kappa shape index (κ3) is 2.49. The summed E-state index contributed by atoms with van der Waals surface area (Å²) in [7, 11) is 3.98. The van der Waals surface area contributed by atoms with Crippen LogP contribution in [0.4, 0.5) is 0 Å². The van der Waals surface area contributed by atoms with E-state index in [1.165, 1.54) is 11.1 Å². The second-order valence-corrected chi connectivity index (χ2v) is 5.26. The molecule has 1 aromatic rings. The van der Waals surface area contributed by atoms with Crippen LogP contribution >= 0.6 is 0 Å². The normalized spacial score (nSPS) is 11.9. The quantitative estimate of drug-likeness (QED) is 0.741. The summed E-state index contributed by atoms with van der Waals surface area (Å²) in [6.07, 6.45) is 1.67. The molecule has 0 aliphatic carbocycles. The number of Topliss-reactive ketones (excluding diaryl/α,β-unsaturated/α-hetero) is 1. The zero-order valence-electron chi connectivity index (χ0n) is 12.5. The fourth-order valence-electron chi connectivity index (χ4n) is 2.56. The molecule has 0 atom stereocenters. The van der Waals surface area contributed by atoms with E-state index in [9.17, 15) is 4.79 Å². The van der Waals surface area contributed by atoms with Crippen molar-refractivity contribution in [3.63, 3.8) is 0 Å². The van der Waals surface area contributed by atoms with Crippen molar-refractivity contribution in [3.8, 4) is 0 Å². The Hall–Kier alpha value is -1.15. The number of ketones is 1. The number of hydrogen-bond donors (Lipinski definition) is 0. The topological polar surface area (TPSA) is 20.3 Å². The van der Waals surface area contributed by atoms with Crippen molar-refractivity contribution >= 4 is 5.78 Å². The highest BCUT2D eigenvalue weighted by Crippen LogP contribution is 2.27. The molecule has 2 nitrogen and oxygen atoms in total. The van der Waals surface area contributed by atoms with Gasteiger partial charge in [-0.1, -0.05) is 26.0 Å². The van der Waals surface area contributed by atoms with E-state index < -0.39 is 0 Å². The lowest BCUT2D eigenvalue weighted by molar-refractivity contribution is 0.0656. The Morgan fingerprint density at radius 1 is 1.11 bits per heavy atom. The summed E-state index contributed by atoms with van der Waals surface area (Å²) in [5.41, 5.74) is 2.87. The van der Waals surface area contributed by atoms with Crippen LogP contribution in [0.15, 0.2) is 18.2 Å². The minimum absolute atomic E-state index is 0.237. The van der Waals surface area contributed by atoms with Crippen molar-refractivity contribution in [1.29, 1.82) is 0 Å². The summed E-state index contributed by atoms with van der Waals surface area (Å²) >= 11 is 0. The first kappa shape index (κ1) is 14.9. The fourth-order valence-corrected chi connectivity index (χ4v) is 2.56. The van der Waals surface area contributed by atoms with E-state index in [1.807, 2.05) is 32.3 Å². The number of carbonyl (C=O) groups is 1. The van der Waals surface area contributed by atoms with Gasteiger partial charge in [0.1, 0.15) is 0 Å². The zero-order valence-corrected chi connectivity index (χ0v) is 12.5. The number of nitrogens with zero attached hydrogens (tertiary/aromatic N) is 1. The van der Waals surface area contributed by atoms with Crippen molar-refractivity contribution in [2.75, 3.05) is 14.1 Å². The molecule has 0 radical (unpaired) electrons. The van der Waals surface area contributed by atoms with Gasteiger partial charge in [0.15, 0.2) is 5.78 Å². The first-order valence-corrected chi connectivity index (χ1v) is 6.68. The molecule has 0 bridgehead atoms. The van der Waals surface area contributed by atoms with Crippen LogP contribution in [0.25, 0.3) is 0 Å². The molecule has 0 heterocycles. The van der Waals surface area contributed by atoms with Gasteiger partial charge in [0.25, 0.3) is 0 Å². The third-order valence-corrected chi connectivity index (χ3v) is 4.22. The molecule has 0 amide bonds. The van der Waals surface area contributed by atoms with Crippen molar-refractivity contribution in [3.05, 3.63) is 34.9 Å². The minimum Gasteiger partial charge on any atom is -0.297 e. The largest absolute Gasteiger partial charge is 0.297 e. The van der Waals surface area contributed by atoms with Gasteiger partial charge in [0.2, 0.25) is 0 Å². The average Bonchev–Trinajstić information content (AvgIpc) is 2.34. The molecule has 2 heteroatoms. The molecule has 1 rings (SSSR count). The number of carbonyl (C=O) groups excluding carboxylic acids is 1. The van der Waals surface area contributed by atoms with Crippen LogP contribution in [0, 0.1) is 13.8 Å². The summed E-state index contributed by atoms with van der Waals surface area (Å²) < 4.78 is 0. The van der Waals surface area contributed by atoms with Crippen LogP contribution in [-0.2, 0) is 0 Å². The summed E-state index contributed by atoms with van der Waals surface area (Å²) in [5.74, 6) is 0.237. The molecule has 0 saturated heterocycles. The van der Waals surface area contributed by atoms with E-state index in [2.05, 4.69) is 32.6 Å². The molecule has 0 fully saturated rings. The maximum absolute atomic E-state index is 12.8. The van der Waals surface area contributed by atoms with E-state index >= 15 is 0 Å². The van der Waals surface area contributed by atoms with Gasteiger partial charge in [-0.3, -0.25) is 9.69 Å². The average molecular weight is 247 g/mol. The number of rotatable bonds is 5. The van der Waals surface area contributed by atoms with E-state index in [1.54, 1.807) is 0 Å². The molecule has 0 aliphatic heterocycles. The lowest BCUT2D eigenvalue weighted by Gasteiger charge is -2.37. The monoisotopic (exact) mass is 247 g/mol. The standard InChI is InChI=1S/C16H25NO/c1-7-16(8-2,17(5)6)15(18)14-10-9-12(3)13(4)11-14/h9-11H,7-8H2,1-6H3. The molecule has 18 heavy (non-hydrogen) atoms. The predicted molar refractivity (Wildman–Crippen MR) is 77.2 cm³/mol. The first-order chi connectivity index (χ1) is 8.39. The molecule has 0 aromatic heterocycles. The number of hydrogen-bond acceptors (Lipinski definition) is 2. The SMILES string of the molecule is CCC(CC)(C(=O)c1ccc(C)c(C)c1)N(C)C. The Kier molecular flexibility index (Phi) is 4.69. The maximum Gasteiger partial charge on any atom is 0.183 e. The van der Waals surface area contributed by atoms with Gasteiger partial charge < -0.3 is 0 Å². The number of likely N-dealkylation sites (N-methyl/N-ethyl adjacent to an activating group) is 1. The third-order valence-electron chi connectivity index (χ3n) is 4.22. The Morgan fingerprint density at radius 2 is 1.67 bits per heavy atom. The predicted octanol–water partition coefficient (Wildman–Crippen LogP) is 3.61. The highest BCUT2D eigenvalue weighted by atomic mass is 16.1. The molecular formula is C16H25NO. The van der Waals surface area contributed by atoms with Gasteiger partial charge in [-0.2, -0.15) is 0 Å². The lowest BCUT2D eigenvalue weighted by atomic mass is 9.82. The molecule has 0 unspecified atom stereocenters. The Bertz CT molecular complexity index is 431. The van der Waals surface area contributed by atoms with Crippen molar-refractivity contribution in [2.45, 2.75) is 46.1 Å². The summed E-state index contributed by atoms with van der Waals surface area (Å²) in [4.78, 5) is 14.9. The fraction of sp³-hybridized carbons (Fsp3) is 0.562. The number of aryl methyl sites for hydroxylation is 2. The van der Waals surface area contributed by atoms with Crippen molar-refractivity contribution < 1.29 is 4.79 Å². The number of benzene rings is 1. The smallest absolute Gasteiger partial charge is 0.183 e. The van der Waals surface area contributed by atoms with E-state index in [4.69, 9.17) is 0 Å². The summed E-state index contributed by atoms with van der Waals surface area (Å²) in [5, 5.41) is 0. The maximum atomic E-state index is 12.8. The van der Waals surface area contributed by atoms with Gasteiger partial charge in [-0.15, -0.1) is 0 Å². The lowest BCUT2D eigenvalue weighted by Crippen LogP contribution is -2.50. The van der Waals surface area contributed by atoms with E-state index in [0.717, 1.165) is 18.4 Å². The molecule has 100 valence electrons. The Balaban J connectivity index is 3.22. The van der Waals surface area contributed by atoms with Crippen LogP contribution in [-0.4, -0.2) is 30.3 Å². The molecule has 0 saturated carbocycles. The van der Waals surface area contributed by atoms with Gasteiger partial charge in [0, 0.05) is 5.56 Å². The molecule has 0 N–H and O–H groups in total. The Morgan fingerprint density at radius 3 is 2.06 bits per heavy atom. The van der Waals surface area contributed by atoms with E-state index in [0.29, 0.717) is 0 Å². The van der Waals surface area contributed by atoms with Crippen LogP contribution in [0.1, 0.15) is 48.2 Å². The van der Waals surface area contributed by atoms with Crippen molar-refractivity contribution in [2.24, 2.45) is 0 Å². The second kappa shape index (κ2) is 5.66. The summed E-state index contributed by atoms with van der Waals surface area (Å²) in [6.45, 7) is 8.30. The van der Waals surface area contributed by atoms with Gasteiger partial charge in [0.05, 0.1) is 5.54 Å². The van der Waals surface area contributed by atoms with Gasteiger partial charge in [-0.25, -0.2) is 0 Å². The molecule has 1 aromatic carbocycles. The highest BCUT2D eigenvalue weighted by molar-refractivity contribution is 6.03. The Labute approximate surface area is 111 Å². The molecule has 0 spiro atoms. The molecular weight excluding hydrogens is 222 g/mol. The summed E-state index contributed by atoms with van der Waals surface area (Å²) in [6, 6.07) is 6.00. The van der Waals surface area contributed by atoms with Crippen molar-refractivity contribution in [1.82, 2.24) is 4.90 Å². The van der Waals surface area contributed by atoms with Crippen LogP contribution in [0.2, 0.25) is 0 Å². The second-order valence-electron chi connectivity index (χ2n) is 5.26. The van der Waals surface area contributed by atoms with Crippen LogP contribution < -0.4 is 0 Å². The first-order valence-electron chi connectivity index (χ1n) is 6.68. The zero-order chi connectivity index (χ0) is 13.9. The minimum atomic E-state index is -0.373. The van der Waals surface area contributed by atoms with Gasteiger partial charge >= 0.3 is 0 Å². The highest BCUT2D eigenvalue weighted by Gasteiger charge is 2.37.